The molecule has 0 aromatic heterocycles. The lowest BCUT2D eigenvalue weighted by molar-refractivity contribution is -0.156. The highest BCUT2D eigenvalue weighted by Gasteiger charge is 2.28. The van der Waals surface area contributed by atoms with E-state index in [9.17, 15) is 19.5 Å². The van der Waals surface area contributed by atoms with Crippen molar-refractivity contribution in [1.82, 2.24) is 5.32 Å². The molecule has 2 aromatic rings. The SMILES string of the molecule is CC(C)(C)OC(=O)CNC(=O)C(Cc1cccc2ccccc12)C(=O)O. The summed E-state index contributed by atoms with van der Waals surface area (Å²) in [6.07, 6.45) is 0.0385. The maximum atomic E-state index is 12.3. The standard InChI is InChI=1S/C20H23NO5/c1-20(2,3)26-17(22)12-21-18(23)16(19(24)25)11-14-9-6-8-13-7-4-5-10-15(13)14/h4-10,16H,11-12H2,1-3H3,(H,21,23)(H,24,25). The molecule has 1 atom stereocenters. The fraction of sp³-hybridized carbons (Fsp3) is 0.350. The third kappa shape index (κ3) is 5.31. The first-order valence-electron chi connectivity index (χ1n) is 8.36. The third-order valence-electron chi connectivity index (χ3n) is 3.75. The topological polar surface area (TPSA) is 92.7 Å². The number of rotatable bonds is 6. The van der Waals surface area contributed by atoms with Crippen LogP contribution >= 0.6 is 0 Å². The van der Waals surface area contributed by atoms with Gasteiger partial charge in [0.2, 0.25) is 5.91 Å². The van der Waals surface area contributed by atoms with Gasteiger partial charge >= 0.3 is 11.9 Å². The second-order valence-corrected chi connectivity index (χ2v) is 7.04. The molecule has 6 nitrogen and oxygen atoms in total. The minimum atomic E-state index is -1.29. The highest BCUT2D eigenvalue weighted by molar-refractivity contribution is 5.99. The van der Waals surface area contributed by atoms with Gasteiger partial charge in [-0.3, -0.25) is 14.4 Å². The Balaban J connectivity index is 2.10. The van der Waals surface area contributed by atoms with Gasteiger partial charge in [0.05, 0.1) is 0 Å². The van der Waals surface area contributed by atoms with Crippen molar-refractivity contribution in [3.05, 3.63) is 48.0 Å². The highest BCUT2D eigenvalue weighted by Crippen LogP contribution is 2.21. The smallest absolute Gasteiger partial charge is 0.325 e. The van der Waals surface area contributed by atoms with E-state index in [2.05, 4.69) is 5.32 Å². The summed E-state index contributed by atoms with van der Waals surface area (Å²) in [7, 11) is 0. The Bertz CT molecular complexity index is 817. The number of carboxylic acids is 1. The Morgan fingerprint density at radius 1 is 1.08 bits per heavy atom. The van der Waals surface area contributed by atoms with E-state index in [-0.39, 0.29) is 13.0 Å². The first kappa shape index (κ1) is 19.4. The van der Waals surface area contributed by atoms with E-state index >= 15 is 0 Å². The Hall–Kier alpha value is -2.89. The number of benzene rings is 2. The van der Waals surface area contributed by atoms with Crippen LogP contribution in [0.4, 0.5) is 0 Å². The molecule has 0 radical (unpaired) electrons. The number of fused-ring (bicyclic) bond motifs is 1. The van der Waals surface area contributed by atoms with Gasteiger partial charge in [-0.2, -0.15) is 0 Å². The number of hydrogen-bond acceptors (Lipinski definition) is 4. The van der Waals surface area contributed by atoms with Crippen molar-refractivity contribution in [3.8, 4) is 0 Å². The first-order chi connectivity index (χ1) is 12.2. The van der Waals surface area contributed by atoms with E-state index in [1.807, 2.05) is 36.4 Å². The minimum Gasteiger partial charge on any atom is -0.481 e. The molecule has 0 saturated heterocycles. The molecule has 2 aromatic carbocycles. The fourth-order valence-electron chi connectivity index (χ4n) is 2.64. The second kappa shape index (κ2) is 7.99. The summed E-state index contributed by atoms with van der Waals surface area (Å²) in [4.78, 5) is 35.6. The van der Waals surface area contributed by atoms with Gasteiger partial charge in [0.15, 0.2) is 0 Å². The lowest BCUT2D eigenvalue weighted by atomic mass is 9.94. The van der Waals surface area contributed by atoms with Crippen molar-refractivity contribution < 1.29 is 24.2 Å². The maximum absolute atomic E-state index is 12.3. The Morgan fingerprint density at radius 3 is 2.38 bits per heavy atom. The van der Waals surface area contributed by atoms with Crippen LogP contribution in [0.3, 0.4) is 0 Å². The molecule has 0 spiro atoms. The predicted molar refractivity (Wildman–Crippen MR) is 97.6 cm³/mol. The second-order valence-electron chi connectivity index (χ2n) is 7.04. The molecule has 0 bridgehead atoms. The lowest BCUT2D eigenvalue weighted by Gasteiger charge is -2.20. The van der Waals surface area contributed by atoms with Crippen molar-refractivity contribution in [3.63, 3.8) is 0 Å². The van der Waals surface area contributed by atoms with Gasteiger partial charge in [0.1, 0.15) is 18.1 Å². The van der Waals surface area contributed by atoms with Gasteiger partial charge in [-0.05, 0) is 43.5 Å². The number of nitrogens with one attached hydrogen (secondary N) is 1. The molecule has 0 fully saturated rings. The molecule has 138 valence electrons. The van der Waals surface area contributed by atoms with Gasteiger partial charge in [-0.15, -0.1) is 0 Å². The van der Waals surface area contributed by atoms with Crippen LogP contribution in [0.5, 0.6) is 0 Å². The Kier molecular flexibility index (Phi) is 5.97. The minimum absolute atomic E-state index is 0.0385. The average molecular weight is 357 g/mol. The third-order valence-corrected chi connectivity index (χ3v) is 3.75. The van der Waals surface area contributed by atoms with E-state index in [1.54, 1.807) is 26.8 Å². The highest BCUT2D eigenvalue weighted by atomic mass is 16.6. The van der Waals surface area contributed by atoms with Gasteiger partial charge in [-0.1, -0.05) is 42.5 Å². The number of hydrogen-bond donors (Lipinski definition) is 2. The van der Waals surface area contributed by atoms with Crippen LogP contribution in [0, 0.1) is 5.92 Å². The van der Waals surface area contributed by atoms with Crippen LogP contribution in [-0.2, 0) is 25.5 Å². The average Bonchev–Trinajstić information content (AvgIpc) is 2.55. The number of carbonyl (C=O) groups is 3. The molecule has 0 aliphatic carbocycles. The number of esters is 1. The summed E-state index contributed by atoms with van der Waals surface area (Å²) in [5.74, 6) is -3.85. The molecule has 2 rings (SSSR count). The summed E-state index contributed by atoms with van der Waals surface area (Å²) in [5.41, 5.74) is 0.0969. The molecular formula is C20H23NO5. The van der Waals surface area contributed by atoms with Crippen molar-refractivity contribution >= 4 is 28.6 Å². The molecule has 26 heavy (non-hydrogen) atoms. The summed E-state index contributed by atoms with van der Waals surface area (Å²) in [5, 5.41) is 13.7. The van der Waals surface area contributed by atoms with E-state index < -0.39 is 29.4 Å². The molecule has 0 aliphatic heterocycles. The zero-order chi connectivity index (χ0) is 19.3. The van der Waals surface area contributed by atoms with Gasteiger partial charge in [0, 0.05) is 0 Å². The van der Waals surface area contributed by atoms with E-state index in [1.165, 1.54) is 0 Å². The molecule has 1 amide bonds. The summed E-state index contributed by atoms with van der Waals surface area (Å²) in [6.45, 7) is 4.78. The number of carbonyl (C=O) groups excluding carboxylic acids is 2. The van der Waals surface area contributed by atoms with Gasteiger partial charge in [0.25, 0.3) is 0 Å². The molecular weight excluding hydrogens is 334 g/mol. The van der Waals surface area contributed by atoms with Crippen LogP contribution < -0.4 is 5.32 Å². The molecule has 0 heterocycles. The Morgan fingerprint density at radius 2 is 1.73 bits per heavy atom. The summed E-state index contributed by atoms with van der Waals surface area (Å²) in [6, 6.07) is 13.1. The zero-order valence-corrected chi connectivity index (χ0v) is 15.1. The van der Waals surface area contributed by atoms with Crippen molar-refractivity contribution in [2.75, 3.05) is 6.54 Å². The summed E-state index contributed by atoms with van der Waals surface area (Å²) >= 11 is 0. The largest absolute Gasteiger partial charge is 0.481 e. The first-order valence-corrected chi connectivity index (χ1v) is 8.36. The summed E-state index contributed by atoms with van der Waals surface area (Å²) < 4.78 is 5.10. The quantitative estimate of drug-likeness (QED) is 0.612. The molecule has 0 saturated carbocycles. The number of amides is 1. The fourth-order valence-corrected chi connectivity index (χ4v) is 2.64. The van der Waals surface area contributed by atoms with Crippen LogP contribution in [0.25, 0.3) is 10.8 Å². The monoisotopic (exact) mass is 357 g/mol. The lowest BCUT2D eigenvalue weighted by Crippen LogP contribution is -2.41. The molecule has 0 aliphatic rings. The Labute approximate surface area is 152 Å². The van der Waals surface area contributed by atoms with Crippen LogP contribution in [0.2, 0.25) is 0 Å². The number of carboxylic acid groups (broad SMARTS) is 1. The van der Waals surface area contributed by atoms with E-state index in [0.717, 1.165) is 16.3 Å². The normalized spacial score (nSPS) is 12.4. The van der Waals surface area contributed by atoms with E-state index in [4.69, 9.17) is 4.74 Å². The molecule has 6 heteroatoms. The van der Waals surface area contributed by atoms with Crippen LogP contribution in [0.15, 0.2) is 42.5 Å². The molecule has 2 N–H and O–H groups in total. The van der Waals surface area contributed by atoms with Crippen molar-refractivity contribution in [2.45, 2.75) is 32.8 Å². The molecule has 1 unspecified atom stereocenters. The van der Waals surface area contributed by atoms with Crippen molar-refractivity contribution in [2.24, 2.45) is 5.92 Å². The van der Waals surface area contributed by atoms with Gasteiger partial charge < -0.3 is 15.2 Å². The predicted octanol–water partition coefficient (Wildman–Crippen LogP) is 2.54. The van der Waals surface area contributed by atoms with Gasteiger partial charge in [-0.25, -0.2) is 0 Å². The zero-order valence-electron chi connectivity index (χ0n) is 15.1. The van der Waals surface area contributed by atoms with Crippen molar-refractivity contribution in [1.29, 1.82) is 0 Å². The number of ether oxygens (including phenoxy) is 1. The number of aliphatic carboxylic acids is 1. The maximum Gasteiger partial charge on any atom is 0.325 e. The van der Waals surface area contributed by atoms with E-state index in [0.29, 0.717) is 0 Å². The van der Waals surface area contributed by atoms with Crippen LogP contribution in [0.1, 0.15) is 26.3 Å². The van der Waals surface area contributed by atoms with Crippen LogP contribution in [-0.4, -0.2) is 35.1 Å².